The van der Waals surface area contributed by atoms with Gasteiger partial charge in [0.1, 0.15) is 5.82 Å². The second-order valence-corrected chi connectivity index (χ2v) is 7.28. The molecular weight excluding hydrogens is 357 g/mol. The Kier molecular flexibility index (Phi) is 4.65. The first-order chi connectivity index (χ1) is 12.9. The standard InChI is InChI=1S/C19H21F3N4O/c20-19(21,22)13-7-5-12(6-8-13)14-10-15(14)18(27)23-11-17-25-24-16-4-2-1-3-9-26(16)17/h5-8,14-15H,1-4,9-11H2,(H,23,27). The van der Waals surface area contributed by atoms with Gasteiger partial charge in [0, 0.05) is 18.9 Å². The Balaban J connectivity index is 1.34. The molecule has 144 valence electrons. The summed E-state index contributed by atoms with van der Waals surface area (Å²) in [5, 5.41) is 11.3. The predicted octanol–water partition coefficient (Wildman–Crippen LogP) is 3.44. The third kappa shape index (κ3) is 3.84. The van der Waals surface area contributed by atoms with Gasteiger partial charge in [-0.15, -0.1) is 10.2 Å². The maximum absolute atomic E-state index is 12.6. The van der Waals surface area contributed by atoms with Gasteiger partial charge in [0.2, 0.25) is 5.91 Å². The van der Waals surface area contributed by atoms with Crippen molar-refractivity contribution < 1.29 is 18.0 Å². The Hall–Kier alpha value is -2.38. The number of carbonyl (C=O) groups is 1. The molecule has 1 aromatic carbocycles. The molecule has 1 amide bonds. The number of nitrogens with one attached hydrogen (secondary N) is 1. The zero-order chi connectivity index (χ0) is 19.0. The SMILES string of the molecule is O=C(NCc1nnc2n1CCCCC2)C1CC1c1ccc(C(F)(F)F)cc1. The van der Waals surface area contributed by atoms with Crippen molar-refractivity contribution in [2.45, 2.75) is 57.3 Å². The van der Waals surface area contributed by atoms with Crippen molar-refractivity contribution in [1.29, 1.82) is 0 Å². The van der Waals surface area contributed by atoms with E-state index in [1.54, 1.807) is 0 Å². The maximum atomic E-state index is 12.6. The zero-order valence-electron chi connectivity index (χ0n) is 14.8. The smallest absolute Gasteiger partial charge is 0.349 e. The van der Waals surface area contributed by atoms with E-state index in [2.05, 4.69) is 20.1 Å². The predicted molar refractivity (Wildman–Crippen MR) is 91.7 cm³/mol. The second kappa shape index (κ2) is 6.98. The van der Waals surface area contributed by atoms with Crippen molar-refractivity contribution >= 4 is 5.91 Å². The van der Waals surface area contributed by atoms with Gasteiger partial charge in [0.05, 0.1) is 12.1 Å². The fourth-order valence-electron chi connectivity index (χ4n) is 3.75. The molecule has 27 heavy (non-hydrogen) atoms. The number of benzene rings is 1. The van der Waals surface area contributed by atoms with E-state index in [9.17, 15) is 18.0 Å². The van der Waals surface area contributed by atoms with Crippen LogP contribution in [0.15, 0.2) is 24.3 Å². The molecule has 2 unspecified atom stereocenters. The average Bonchev–Trinajstić information content (AvgIpc) is 3.40. The molecule has 1 N–H and O–H groups in total. The van der Waals surface area contributed by atoms with Gasteiger partial charge in [-0.2, -0.15) is 13.2 Å². The summed E-state index contributed by atoms with van der Waals surface area (Å²) >= 11 is 0. The highest BCUT2D eigenvalue weighted by Gasteiger charge is 2.44. The molecule has 8 heteroatoms. The molecule has 0 spiro atoms. The van der Waals surface area contributed by atoms with Crippen LogP contribution in [0.25, 0.3) is 0 Å². The summed E-state index contributed by atoms with van der Waals surface area (Å²) in [5.74, 6) is 1.47. The summed E-state index contributed by atoms with van der Waals surface area (Å²) in [6.07, 6.45) is 0.613. The van der Waals surface area contributed by atoms with E-state index in [1.165, 1.54) is 18.6 Å². The molecule has 4 rings (SSSR count). The lowest BCUT2D eigenvalue weighted by Gasteiger charge is -2.09. The van der Waals surface area contributed by atoms with Crippen molar-refractivity contribution in [2.24, 2.45) is 5.92 Å². The van der Waals surface area contributed by atoms with Crippen LogP contribution in [0.1, 0.15) is 54.4 Å². The maximum Gasteiger partial charge on any atom is 0.416 e. The average molecular weight is 378 g/mol. The van der Waals surface area contributed by atoms with Crippen molar-refractivity contribution in [2.75, 3.05) is 0 Å². The molecule has 0 bridgehead atoms. The molecule has 0 radical (unpaired) electrons. The van der Waals surface area contributed by atoms with Crippen LogP contribution in [-0.2, 0) is 30.5 Å². The van der Waals surface area contributed by atoms with Gasteiger partial charge in [-0.3, -0.25) is 4.79 Å². The lowest BCUT2D eigenvalue weighted by Crippen LogP contribution is -2.26. The molecule has 1 fully saturated rings. The first-order valence-electron chi connectivity index (χ1n) is 9.29. The monoisotopic (exact) mass is 378 g/mol. The molecule has 2 atom stereocenters. The summed E-state index contributed by atoms with van der Waals surface area (Å²) < 4.78 is 40.0. The Morgan fingerprint density at radius 2 is 1.93 bits per heavy atom. The van der Waals surface area contributed by atoms with Gasteiger partial charge in [-0.25, -0.2) is 0 Å². The minimum Gasteiger partial charge on any atom is -0.349 e. The van der Waals surface area contributed by atoms with Gasteiger partial charge < -0.3 is 9.88 Å². The molecule has 1 aliphatic carbocycles. The topological polar surface area (TPSA) is 59.8 Å². The number of hydrogen-bond donors (Lipinski definition) is 1. The third-order valence-electron chi connectivity index (χ3n) is 5.40. The van der Waals surface area contributed by atoms with Crippen LogP contribution in [0.3, 0.4) is 0 Å². The summed E-state index contributed by atoms with van der Waals surface area (Å²) in [6, 6.07) is 5.10. The molecular formula is C19H21F3N4O. The van der Waals surface area contributed by atoms with Crippen LogP contribution in [0.5, 0.6) is 0 Å². The number of aromatic nitrogens is 3. The van der Waals surface area contributed by atoms with Gasteiger partial charge in [-0.1, -0.05) is 18.6 Å². The zero-order valence-corrected chi connectivity index (χ0v) is 14.8. The van der Waals surface area contributed by atoms with E-state index in [1.807, 2.05) is 0 Å². The Bertz CT molecular complexity index is 828. The highest BCUT2D eigenvalue weighted by molar-refractivity contribution is 5.82. The van der Waals surface area contributed by atoms with Crippen molar-refractivity contribution in [3.8, 4) is 0 Å². The van der Waals surface area contributed by atoms with Crippen LogP contribution < -0.4 is 5.32 Å². The van der Waals surface area contributed by atoms with Gasteiger partial charge in [0.15, 0.2) is 5.82 Å². The van der Waals surface area contributed by atoms with E-state index in [0.29, 0.717) is 13.0 Å². The number of amides is 1. The molecule has 1 aromatic heterocycles. The first kappa shape index (κ1) is 18.0. The second-order valence-electron chi connectivity index (χ2n) is 7.28. The van der Waals surface area contributed by atoms with Gasteiger partial charge >= 0.3 is 6.18 Å². The Morgan fingerprint density at radius 3 is 2.67 bits per heavy atom. The van der Waals surface area contributed by atoms with Crippen LogP contribution in [0.2, 0.25) is 0 Å². The van der Waals surface area contributed by atoms with E-state index < -0.39 is 11.7 Å². The highest BCUT2D eigenvalue weighted by Crippen LogP contribution is 2.48. The number of fused-ring (bicyclic) bond motifs is 1. The van der Waals surface area contributed by atoms with E-state index in [0.717, 1.165) is 55.2 Å². The quantitative estimate of drug-likeness (QED) is 0.887. The number of rotatable bonds is 4. The highest BCUT2D eigenvalue weighted by atomic mass is 19.4. The van der Waals surface area contributed by atoms with Crippen molar-refractivity contribution in [1.82, 2.24) is 20.1 Å². The molecule has 0 saturated heterocycles. The first-order valence-corrected chi connectivity index (χ1v) is 9.29. The van der Waals surface area contributed by atoms with Crippen LogP contribution in [-0.4, -0.2) is 20.7 Å². The normalized spacial score (nSPS) is 22.0. The Labute approximate surface area is 155 Å². The number of halogens is 3. The fourth-order valence-corrected chi connectivity index (χ4v) is 3.75. The minimum atomic E-state index is -4.34. The van der Waals surface area contributed by atoms with Crippen molar-refractivity contribution in [3.05, 3.63) is 47.0 Å². The van der Waals surface area contributed by atoms with Crippen LogP contribution >= 0.6 is 0 Å². The number of nitrogens with zero attached hydrogens (tertiary/aromatic N) is 3. The number of aryl methyl sites for hydroxylation is 1. The van der Waals surface area contributed by atoms with Crippen molar-refractivity contribution in [3.63, 3.8) is 0 Å². The lowest BCUT2D eigenvalue weighted by atomic mass is 10.1. The lowest BCUT2D eigenvalue weighted by molar-refractivity contribution is -0.137. The van der Waals surface area contributed by atoms with E-state index in [4.69, 9.17) is 0 Å². The number of carbonyl (C=O) groups excluding carboxylic acids is 1. The van der Waals surface area contributed by atoms with Gasteiger partial charge in [0.25, 0.3) is 0 Å². The summed E-state index contributed by atoms with van der Waals surface area (Å²) in [6.45, 7) is 1.22. The third-order valence-corrected chi connectivity index (χ3v) is 5.40. The number of hydrogen-bond acceptors (Lipinski definition) is 3. The van der Waals surface area contributed by atoms with E-state index in [-0.39, 0.29) is 17.7 Å². The number of alkyl halides is 3. The molecule has 2 aromatic rings. The summed E-state index contributed by atoms with van der Waals surface area (Å²) in [4.78, 5) is 12.4. The largest absolute Gasteiger partial charge is 0.416 e. The van der Waals surface area contributed by atoms with Gasteiger partial charge in [-0.05, 0) is 42.9 Å². The fraction of sp³-hybridized carbons (Fsp3) is 0.526. The summed E-state index contributed by atoms with van der Waals surface area (Å²) in [7, 11) is 0. The molecule has 2 heterocycles. The molecule has 1 saturated carbocycles. The Morgan fingerprint density at radius 1 is 1.15 bits per heavy atom. The molecule has 5 nitrogen and oxygen atoms in total. The van der Waals surface area contributed by atoms with Crippen LogP contribution in [0, 0.1) is 5.92 Å². The van der Waals surface area contributed by atoms with E-state index >= 15 is 0 Å². The summed E-state index contributed by atoms with van der Waals surface area (Å²) in [5.41, 5.74) is 0.111. The molecule has 1 aliphatic heterocycles. The minimum absolute atomic E-state index is 0.0113. The van der Waals surface area contributed by atoms with Crippen LogP contribution in [0.4, 0.5) is 13.2 Å². The molecule has 2 aliphatic rings.